The van der Waals surface area contributed by atoms with Crippen LogP contribution in [0.5, 0.6) is 0 Å². The van der Waals surface area contributed by atoms with E-state index in [1.54, 1.807) is 0 Å². The van der Waals surface area contributed by atoms with Crippen LogP contribution in [0, 0.1) is 5.41 Å². The molecule has 0 amide bonds. The minimum Gasteiger partial charge on any atom is -0.393 e. The zero-order valence-corrected chi connectivity index (χ0v) is 12.0. The van der Waals surface area contributed by atoms with Crippen LogP contribution in [-0.4, -0.2) is 34.7 Å². The van der Waals surface area contributed by atoms with Crippen molar-refractivity contribution in [1.82, 2.24) is 4.90 Å². The molecule has 2 fully saturated rings. The molecule has 0 aliphatic heterocycles. The van der Waals surface area contributed by atoms with E-state index in [4.69, 9.17) is 0 Å². The molecule has 2 nitrogen and oxygen atoms in total. The van der Waals surface area contributed by atoms with Crippen molar-refractivity contribution in [2.75, 3.05) is 7.05 Å². The summed E-state index contributed by atoms with van der Waals surface area (Å²) in [6.45, 7) is 7.16. The molecule has 1 N–H and O–H groups in total. The third kappa shape index (κ3) is 2.53. The van der Waals surface area contributed by atoms with E-state index in [0.29, 0.717) is 17.0 Å². The van der Waals surface area contributed by atoms with Gasteiger partial charge in [-0.1, -0.05) is 26.7 Å². The van der Waals surface area contributed by atoms with E-state index in [2.05, 4.69) is 32.7 Å². The first-order valence-electron chi connectivity index (χ1n) is 7.26. The highest BCUT2D eigenvalue weighted by Crippen LogP contribution is 2.44. The van der Waals surface area contributed by atoms with Crippen LogP contribution in [-0.2, 0) is 0 Å². The monoisotopic (exact) mass is 239 g/mol. The van der Waals surface area contributed by atoms with E-state index >= 15 is 0 Å². The molecule has 2 aliphatic rings. The van der Waals surface area contributed by atoms with Crippen molar-refractivity contribution < 1.29 is 5.11 Å². The Morgan fingerprint density at radius 2 is 1.65 bits per heavy atom. The number of aliphatic hydroxyl groups excluding tert-OH is 1. The molecule has 0 bridgehead atoms. The van der Waals surface area contributed by atoms with Crippen molar-refractivity contribution in [2.45, 2.75) is 83.4 Å². The molecule has 2 unspecified atom stereocenters. The van der Waals surface area contributed by atoms with Gasteiger partial charge in [0.2, 0.25) is 0 Å². The van der Waals surface area contributed by atoms with Crippen molar-refractivity contribution in [3.05, 3.63) is 0 Å². The molecule has 0 saturated heterocycles. The fraction of sp³-hybridized carbons (Fsp3) is 1.00. The summed E-state index contributed by atoms with van der Waals surface area (Å²) >= 11 is 0. The lowest BCUT2D eigenvalue weighted by Gasteiger charge is -2.51. The topological polar surface area (TPSA) is 23.5 Å². The van der Waals surface area contributed by atoms with Crippen LogP contribution in [0.1, 0.15) is 65.7 Å². The Morgan fingerprint density at radius 3 is 2.24 bits per heavy atom. The van der Waals surface area contributed by atoms with Gasteiger partial charge in [-0.15, -0.1) is 0 Å². The van der Waals surface area contributed by atoms with Crippen LogP contribution in [0.15, 0.2) is 0 Å². The maximum atomic E-state index is 9.96. The van der Waals surface area contributed by atoms with E-state index in [1.165, 1.54) is 25.7 Å². The van der Waals surface area contributed by atoms with Crippen molar-refractivity contribution in [1.29, 1.82) is 0 Å². The van der Waals surface area contributed by atoms with Gasteiger partial charge in [0.05, 0.1) is 6.10 Å². The van der Waals surface area contributed by atoms with Crippen LogP contribution in [0.25, 0.3) is 0 Å². The van der Waals surface area contributed by atoms with Crippen LogP contribution < -0.4 is 0 Å². The van der Waals surface area contributed by atoms with Gasteiger partial charge < -0.3 is 5.11 Å². The maximum absolute atomic E-state index is 9.96. The number of nitrogens with zero attached hydrogens (tertiary/aromatic N) is 1. The number of hydrogen-bond donors (Lipinski definition) is 1. The van der Waals surface area contributed by atoms with Crippen molar-refractivity contribution in [2.24, 2.45) is 5.41 Å². The first-order chi connectivity index (χ1) is 7.85. The maximum Gasteiger partial charge on any atom is 0.0555 e. The van der Waals surface area contributed by atoms with Gasteiger partial charge >= 0.3 is 0 Å². The fourth-order valence-corrected chi connectivity index (χ4v) is 3.95. The van der Waals surface area contributed by atoms with E-state index in [1.807, 2.05) is 0 Å². The van der Waals surface area contributed by atoms with Gasteiger partial charge in [-0.2, -0.15) is 0 Å². The lowest BCUT2D eigenvalue weighted by atomic mass is 9.70. The van der Waals surface area contributed by atoms with Crippen molar-refractivity contribution in [3.8, 4) is 0 Å². The summed E-state index contributed by atoms with van der Waals surface area (Å²) in [6.07, 6.45) is 8.40. The van der Waals surface area contributed by atoms with Gasteiger partial charge in [-0.3, -0.25) is 4.90 Å². The number of hydrogen-bond acceptors (Lipinski definition) is 2. The molecule has 0 aromatic rings. The molecule has 0 aromatic carbocycles. The predicted molar refractivity (Wildman–Crippen MR) is 72.1 cm³/mol. The summed E-state index contributed by atoms with van der Waals surface area (Å²) in [5, 5.41) is 9.96. The summed E-state index contributed by atoms with van der Waals surface area (Å²) in [7, 11) is 2.29. The van der Waals surface area contributed by atoms with Crippen molar-refractivity contribution >= 4 is 0 Å². The SMILES string of the molecule is CN(C1CC(O)CCC1(C)C)C1(C)CCCC1. The fourth-order valence-electron chi connectivity index (χ4n) is 3.95. The van der Waals surface area contributed by atoms with Gasteiger partial charge in [0.25, 0.3) is 0 Å². The third-order valence-electron chi connectivity index (χ3n) is 5.52. The number of rotatable bonds is 2. The Bertz CT molecular complexity index is 268. The number of aliphatic hydroxyl groups is 1. The van der Waals surface area contributed by atoms with Crippen LogP contribution >= 0.6 is 0 Å². The molecule has 100 valence electrons. The molecule has 17 heavy (non-hydrogen) atoms. The molecule has 0 radical (unpaired) electrons. The highest BCUT2D eigenvalue weighted by atomic mass is 16.3. The lowest BCUT2D eigenvalue weighted by molar-refractivity contribution is -0.0416. The van der Waals surface area contributed by atoms with Gasteiger partial charge in [-0.25, -0.2) is 0 Å². The molecule has 2 rings (SSSR count). The average molecular weight is 239 g/mol. The second-order valence-electron chi connectivity index (χ2n) is 7.25. The minimum absolute atomic E-state index is 0.0829. The molecule has 2 atom stereocenters. The molecular weight excluding hydrogens is 210 g/mol. The van der Waals surface area contributed by atoms with E-state index in [9.17, 15) is 5.11 Å². The molecule has 2 heteroatoms. The van der Waals surface area contributed by atoms with E-state index in [-0.39, 0.29) is 6.10 Å². The van der Waals surface area contributed by atoms with Crippen LogP contribution in [0.3, 0.4) is 0 Å². The second-order valence-corrected chi connectivity index (χ2v) is 7.25. The Balaban J connectivity index is 2.13. The van der Waals surface area contributed by atoms with Crippen molar-refractivity contribution in [3.63, 3.8) is 0 Å². The van der Waals surface area contributed by atoms with Gasteiger partial charge in [0.15, 0.2) is 0 Å². The Morgan fingerprint density at radius 1 is 1.06 bits per heavy atom. The summed E-state index contributed by atoms with van der Waals surface area (Å²) in [4.78, 5) is 2.60. The minimum atomic E-state index is -0.0829. The Kier molecular flexibility index (Phi) is 3.57. The average Bonchev–Trinajstić information content (AvgIpc) is 2.69. The molecule has 2 aliphatic carbocycles. The van der Waals surface area contributed by atoms with Crippen LogP contribution in [0.4, 0.5) is 0 Å². The van der Waals surface area contributed by atoms with Gasteiger partial charge in [0, 0.05) is 11.6 Å². The summed E-state index contributed by atoms with van der Waals surface area (Å²) < 4.78 is 0. The summed E-state index contributed by atoms with van der Waals surface area (Å²) in [5.74, 6) is 0. The van der Waals surface area contributed by atoms with Gasteiger partial charge in [-0.05, 0) is 51.5 Å². The Hall–Kier alpha value is -0.0800. The first-order valence-corrected chi connectivity index (χ1v) is 7.26. The first kappa shape index (κ1) is 13.4. The molecule has 0 aromatic heterocycles. The summed E-state index contributed by atoms with van der Waals surface area (Å²) in [5.41, 5.74) is 0.721. The van der Waals surface area contributed by atoms with E-state index < -0.39 is 0 Å². The highest BCUT2D eigenvalue weighted by molar-refractivity contribution is 4.99. The highest BCUT2D eigenvalue weighted by Gasteiger charge is 2.44. The second kappa shape index (κ2) is 4.55. The summed E-state index contributed by atoms with van der Waals surface area (Å²) in [6, 6.07) is 0.536. The zero-order valence-electron chi connectivity index (χ0n) is 12.0. The molecule has 0 spiro atoms. The Labute approximate surface area is 106 Å². The lowest BCUT2D eigenvalue weighted by Crippen LogP contribution is -2.56. The van der Waals surface area contributed by atoms with E-state index in [0.717, 1.165) is 19.3 Å². The predicted octanol–water partition coefficient (Wildman–Crippen LogP) is 3.19. The molecular formula is C15H29NO. The van der Waals surface area contributed by atoms with Gasteiger partial charge in [0.1, 0.15) is 0 Å². The normalized spacial score (nSPS) is 36.4. The standard InChI is InChI=1S/C15H29NO/c1-14(2)10-7-12(17)11-13(14)16(4)15(3)8-5-6-9-15/h12-13,17H,5-11H2,1-4H3. The third-order valence-corrected chi connectivity index (χ3v) is 5.52. The molecule has 2 saturated carbocycles. The zero-order chi connectivity index (χ0) is 12.7. The quantitative estimate of drug-likeness (QED) is 0.800. The smallest absolute Gasteiger partial charge is 0.0555 e. The van der Waals surface area contributed by atoms with Crippen LogP contribution in [0.2, 0.25) is 0 Å². The largest absolute Gasteiger partial charge is 0.393 e. The molecule has 0 heterocycles.